The fraction of sp³-hybridized carbons (Fsp3) is 0.647. The third-order valence-corrected chi connectivity index (χ3v) is 4.16. The Morgan fingerprint density at radius 3 is 2.79 bits per heavy atom. The smallest absolute Gasteiger partial charge is 0.125 e. The van der Waals surface area contributed by atoms with Gasteiger partial charge in [0.2, 0.25) is 0 Å². The molecule has 1 saturated carbocycles. The molecule has 2 nitrogen and oxygen atoms in total. The minimum Gasteiger partial charge on any atom is -0.491 e. The van der Waals surface area contributed by atoms with Gasteiger partial charge in [-0.05, 0) is 45.1 Å². The van der Waals surface area contributed by atoms with E-state index in [-0.39, 0.29) is 6.10 Å². The molecule has 1 aliphatic carbocycles. The van der Waals surface area contributed by atoms with Crippen LogP contribution in [0, 0.1) is 5.92 Å². The Labute approximate surface area is 116 Å². The second kappa shape index (κ2) is 5.96. The van der Waals surface area contributed by atoms with E-state index in [0.29, 0.717) is 5.92 Å². The summed E-state index contributed by atoms with van der Waals surface area (Å²) >= 11 is 0. The summed E-state index contributed by atoms with van der Waals surface area (Å²) < 4.78 is 5.87. The van der Waals surface area contributed by atoms with E-state index in [0.717, 1.165) is 37.0 Å². The molecule has 0 radical (unpaired) electrons. The lowest BCUT2D eigenvalue weighted by Crippen LogP contribution is -2.33. The molecule has 1 aromatic rings. The van der Waals surface area contributed by atoms with Crippen LogP contribution in [0.2, 0.25) is 0 Å². The fourth-order valence-electron chi connectivity index (χ4n) is 3.17. The van der Waals surface area contributed by atoms with Gasteiger partial charge in [-0.15, -0.1) is 0 Å². The molecule has 1 N–H and O–H groups in total. The second-order valence-corrected chi connectivity index (χ2v) is 6.06. The predicted molar refractivity (Wildman–Crippen MR) is 78.4 cm³/mol. The number of hydrogen-bond acceptors (Lipinski definition) is 2. The second-order valence-electron chi connectivity index (χ2n) is 6.06. The fourth-order valence-corrected chi connectivity index (χ4v) is 3.17. The molecular formula is C17H26O2. The van der Waals surface area contributed by atoms with E-state index in [9.17, 15) is 5.11 Å². The van der Waals surface area contributed by atoms with E-state index in [1.807, 2.05) is 38.1 Å². The normalized spacial score (nSPS) is 27.5. The maximum atomic E-state index is 11.1. The van der Waals surface area contributed by atoms with Gasteiger partial charge >= 0.3 is 0 Å². The standard InChI is InChI=1S/C17H26O2/c1-4-14-8-7-11-17(18,12-14)15-9-5-6-10-16(15)19-13(2)3/h5-6,9-10,13-14,18H,4,7-8,11-12H2,1-3H3. The highest BCUT2D eigenvalue weighted by Gasteiger charge is 2.37. The highest BCUT2D eigenvalue weighted by Crippen LogP contribution is 2.44. The Kier molecular flexibility index (Phi) is 4.51. The minimum absolute atomic E-state index is 0.135. The molecule has 106 valence electrons. The molecule has 2 unspecified atom stereocenters. The molecule has 0 spiro atoms. The molecule has 2 atom stereocenters. The summed E-state index contributed by atoms with van der Waals surface area (Å²) in [6.45, 7) is 6.26. The summed E-state index contributed by atoms with van der Waals surface area (Å²) in [4.78, 5) is 0. The third-order valence-electron chi connectivity index (χ3n) is 4.16. The van der Waals surface area contributed by atoms with Gasteiger partial charge < -0.3 is 9.84 Å². The van der Waals surface area contributed by atoms with Crippen molar-refractivity contribution in [1.29, 1.82) is 0 Å². The number of para-hydroxylation sites is 1. The van der Waals surface area contributed by atoms with Gasteiger partial charge in [0.05, 0.1) is 11.7 Å². The van der Waals surface area contributed by atoms with Crippen LogP contribution in [0.4, 0.5) is 0 Å². The zero-order valence-electron chi connectivity index (χ0n) is 12.4. The van der Waals surface area contributed by atoms with Crippen molar-refractivity contribution in [1.82, 2.24) is 0 Å². The van der Waals surface area contributed by atoms with Gasteiger partial charge in [0.25, 0.3) is 0 Å². The Morgan fingerprint density at radius 2 is 2.11 bits per heavy atom. The number of aliphatic hydroxyl groups is 1. The molecule has 2 heteroatoms. The zero-order valence-corrected chi connectivity index (χ0v) is 12.4. The molecule has 19 heavy (non-hydrogen) atoms. The molecule has 0 amide bonds. The van der Waals surface area contributed by atoms with Crippen LogP contribution in [0.5, 0.6) is 5.75 Å². The molecular weight excluding hydrogens is 236 g/mol. The highest BCUT2D eigenvalue weighted by atomic mass is 16.5. The van der Waals surface area contributed by atoms with Gasteiger partial charge in [-0.3, -0.25) is 0 Å². The summed E-state index contributed by atoms with van der Waals surface area (Å²) in [6.07, 6.45) is 5.34. The first-order valence-electron chi connectivity index (χ1n) is 7.53. The van der Waals surface area contributed by atoms with Crippen LogP contribution in [0.25, 0.3) is 0 Å². The monoisotopic (exact) mass is 262 g/mol. The van der Waals surface area contributed by atoms with Gasteiger partial charge in [-0.2, -0.15) is 0 Å². The maximum absolute atomic E-state index is 11.1. The minimum atomic E-state index is -0.704. The lowest BCUT2D eigenvalue weighted by atomic mass is 9.73. The molecule has 0 aliphatic heterocycles. The topological polar surface area (TPSA) is 29.5 Å². The van der Waals surface area contributed by atoms with E-state index >= 15 is 0 Å². The Balaban J connectivity index is 2.28. The molecule has 1 aromatic carbocycles. The van der Waals surface area contributed by atoms with Crippen LogP contribution in [-0.2, 0) is 5.60 Å². The average molecular weight is 262 g/mol. The summed E-state index contributed by atoms with van der Waals surface area (Å²) in [6, 6.07) is 7.97. The highest BCUT2D eigenvalue weighted by molar-refractivity contribution is 5.38. The number of ether oxygens (including phenoxy) is 1. The van der Waals surface area contributed by atoms with Crippen molar-refractivity contribution in [2.75, 3.05) is 0 Å². The van der Waals surface area contributed by atoms with Crippen molar-refractivity contribution < 1.29 is 9.84 Å². The Bertz CT molecular complexity index is 413. The first-order chi connectivity index (χ1) is 9.05. The SMILES string of the molecule is CCC1CCCC(O)(c2ccccc2OC(C)C)C1. The lowest BCUT2D eigenvalue weighted by molar-refractivity contribution is -0.0242. The van der Waals surface area contributed by atoms with Crippen molar-refractivity contribution in [2.24, 2.45) is 5.92 Å². The molecule has 0 saturated heterocycles. The third kappa shape index (κ3) is 3.30. The van der Waals surface area contributed by atoms with E-state index in [4.69, 9.17) is 4.74 Å². The predicted octanol–water partition coefficient (Wildman–Crippen LogP) is 4.26. The first kappa shape index (κ1) is 14.4. The van der Waals surface area contributed by atoms with Crippen LogP contribution in [-0.4, -0.2) is 11.2 Å². The van der Waals surface area contributed by atoms with Crippen molar-refractivity contribution in [2.45, 2.75) is 64.6 Å². The van der Waals surface area contributed by atoms with Gasteiger partial charge in [-0.1, -0.05) is 38.0 Å². The average Bonchev–Trinajstić information content (AvgIpc) is 2.38. The Morgan fingerprint density at radius 1 is 1.37 bits per heavy atom. The summed E-state index contributed by atoms with van der Waals surface area (Å²) in [5, 5.41) is 11.1. The number of hydrogen-bond donors (Lipinski definition) is 1. The summed E-state index contributed by atoms with van der Waals surface area (Å²) in [5.41, 5.74) is 0.270. The first-order valence-corrected chi connectivity index (χ1v) is 7.53. The molecule has 2 rings (SSSR count). The van der Waals surface area contributed by atoms with Crippen LogP contribution in [0.3, 0.4) is 0 Å². The van der Waals surface area contributed by atoms with Crippen molar-refractivity contribution in [3.8, 4) is 5.75 Å². The van der Waals surface area contributed by atoms with E-state index in [1.165, 1.54) is 6.42 Å². The van der Waals surface area contributed by atoms with Crippen LogP contribution in [0.1, 0.15) is 58.4 Å². The van der Waals surface area contributed by atoms with Gasteiger partial charge in [0.1, 0.15) is 5.75 Å². The zero-order chi connectivity index (χ0) is 13.9. The van der Waals surface area contributed by atoms with E-state index < -0.39 is 5.60 Å². The summed E-state index contributed by atoms with van der Waals surface area (Å²) in [5.74, 6) is 1.47. The lowest BCUT2D eigenvalue weighted by Gasteiger charge is -2.38. The van der Waals surface area contributed by atoms with E-state index in [1.54, 1.807) is 0 Å². The molecule has 0 heterocycles. The van der Waals surface area contributed by atoms with Gasteiger partial charge in [-0.25, -0.2) is 0 Å². The van der Waals surface area contributed by atoms with Gasteiger partial charge in [0.15, 0.2) is 0 Å². The maximum Gasteiger partial charge on any atom is 0.125 e. The molecule has 0 aromatic heterocycles. The number of benzene rings is 1. The van der Waals surface area contributed by atoms with Crippen LogP contribution in [0.15, 0.2) is 24.3 Å². The quantitative estimate of drug-likeness (QED) is 0.878. The number of rotatable bonds is 4. The van der Waals surface area contributed by atoms with Crippen molar-refractivity contribution in [3.63, 3.8) is 0 Å². The van der Waals surface area contributed by atoms with Crippen LogP contribution < -0.4 is 4.74 Å². The summed E-state index contributed by atoms with van der Waals surface area (Å²) in [7, 11) is 0. The largest absolute Gasteiger partial charge is 0.491 e. The molecule has 1 fully saturated rings. The van der Waals surface area contributed by atoms with Gasteiger partial charge in [0, 0.05) is 5.56 Å². The van der Waals surface area contributed by atoms with Crippen molar-refractivity contribution in [3.05, 3.63) is 29.8 Å². The van der Waals surface area contributed by atoms with Crippen molar-refractivity contribution >= 4 is 0 Å². The van der Waals surface area contributed by atoms with Crippen LogP contribution >= 0.6 is 0 Å². The Hall–Kier alpha value is -1.02. The molecule has 1 aliphatic rings. The molecule has 0 bridgehead atoms. The van der Waals surface area contributed by atoms with E-state index in [2.05, 4.69) is 6.92 Å².